The van der Waals surface area contributed by atoms with Crippen LogP contribution in [0.5, 0.6) is 0 Å². The van der Waals surface area contributed by atoms with E-state index >= 15 is 0 Å². The summed E-state index contributed by atoms with van der Waals surface area (Å²) in [7, 11) is 0. The smallest absolute Gasteiger partial charge is 0.410 e. The molecule has 4 aromatic rings. The van der Waals surface area contributed by atoms with Crippen molar-refractivity contribution >= 4 is 28.7 Å². The van der Waals surface area contributed by atoms with Crippen LogP contribution in [0.4, 0.5) is 10.6 Å². The molecule has 0 unspecified atom stereocenters. The average Bonchev–Trinajstić information content (AvgIpc) is 3.45. The van der Waals surface area contributed by atoms with Crippen LogP contribution in [0.2, 0.25) is 0 Å². The van der Waals surface area contributed by atoms with E-state index in [2.05, 4.69) is 15.5 Å². The molecule has 2 aromatic carbocycles. The van der Waals surface area contributed by atoms with Crippen LogP contribution in [0.1, 0.15) is 52.4 Å². The first kappa shape index (κ1) is 25.7. The minimum atomic E-state index is -0.333. The summed E-state index contributed by atoms with van der Waals surface area (Å²) in [4.78, 5) is 39.9. The quantitative estimate of drug-likeness (QED) is 0.337. The number of hydrogen-bond donors (Lipinski definition) is 3. The van der Waals surface area contributed by atoms with Crippen LogP contribution in [0.3, 0.4) is 0 Å². The number of nitrogens with zero attached hydrogens (tertiary/aromatic N) is 3. The van der Waals surface area contributed by atoms with Gasteiger partial charge >= 0.3 is 6.09 Å². The molecule has 0 bridgehead atoms. The zero-order valence-electron chi connectivity index (χ0n) is 22.6. The van der Waals surface area contributed by atoms with E-state index in [1.165, 1.54) is 0 Å². The van der Waals surface area contributed by atoms with E-state index in [0.29, 0.717) is 42.5 Å². The van der Waals surface area contributed by atoms with Crippen molar-refractivity contribution in [3.63, 3.8) is 0 Å². The molecule has 1 saturated heterocycles. The number of H-pyrrole nitrogens is 1. The molecule has 1 saturated carbocycles. The summed E-state index contributed by atoms with van der Waals surface area (Å²) in [6.07, 6.45) is 4.22. The monoisotopic (exact) mass is 540 g/mol. The Kier molecular flexibility index (Phi) is 6.53. The van der Waals surface area contributed by atoms with Gasteiger partial charge in [0.25, 0.3) is 11.5 Å². The molecule has 40 heavy (non-hydrogen) atoms. The minimum absolute atomic E-state index is 0.0437. The molecule has 6 rings (SSSR count). The molecule has 10 heteroatoms. The summed E-state index contributed by atoms with van der Waals surface area (Å²) in [6, 6.07) is 13.5. The van der Waals surface area contributed by atoms with Crippen molar-refractivity contribution in [3.8, 4) is 11.1 Å². The van der Waals surface area contributed by atoms with Crippen LogP contribution >= 0.6 is 0 Å². The number of nitrogens with two attached hydrogens (primary N) is 1. The molecular formula is C30H32N6O4. The van der Waals surface area contributed by atoms with Gasteiger partial charge in [-0.15, -0.1) is 0 Å². The number of ether oxygens (including phenoxy) is 1. The van der Waals surface area contributed by atoms with E-state index in [-0.39, 0.29) is 35.5 Å². The van der Waals surface area contributed by atoms with Crippen molar-refractivity contribution in [2.45, 2.75) is 51.8 Å². The van der Waals surface area contributed by atoms with E-state index in [4.69, 9.17) is 10.5 Å². The number of benzene rings is 2. The maximum atomic E-state index is 12.9. The van der Waals surface area contributed by atoms with Gasteiger partial charge in [0.05, 0.1) is 11.4 Å². The standard InChI is InChI=1S/C30H32N6O4/c1-17-3-4-18(2)23(13-17)28(37)32-14-19-5-7-20(8-6-19)24-16-36(26-25(24)27(31)33-34-29(26)38)21-11-12-35(15-21)30(39)40-22-9-10-22/h3-8,13,16,21-22H,9-12,14-15H2,1-2H3,(H2,31,33)(H,32,37)(H,34,38)/t21-/m1/s1. The highest BCUT2D eigenvalue weighted by Crippen LogP contribution is 2.36. The topological polar surface area (TPSA) is 135 Å². The second kappa shape index (κ2) is 10.2. The lowest BCUT2D eigenvalue weighted by atomic mass is 10.0. The fourth-order valence-electron chi connectivity index (χ4n) is 5.34. The van der Waals surface area contributed by atoms with Crippen molar-refractivity contribution < 1.29 is 14.3 Å². The van der Waals surface area contributed by atoms with Gasteiger partial charge in [-0.1, -0.05) is 42.0 Å². The Morgan fingerprint density at radius 1 is 1.12 bits per heavy atom. The molecule has 4 N–H and O–H groups in total. The van der Waals surface area contributed by atoms with Crippen molar-refractivity contribution in [1.82, 2.24) is 25.0 Å². The van der Waals surface area contributed by atoms with Gasteiger partial charge in [0.15, 0.2) is 5.82 Å². The lowest BCUT2D eigenvalue weighted by Gasteiger charge is -2.17. The Bertz CT molecular complexity index is 1670. The molecule has 3 heterocycles. The Hall–Kier alpha value is -4.60. The number of fused-ring (bicyclic) bond motifs is 1. The van der Waals surface area contributed by atoms with Gasteiger partial charge in [0.1, 0.15) is 11.6 Å². The molecule has 1 aliphatic carbocycles. The van der Waals surface area contributed by atoms with Gasteiger partial charge < -0.3 is 25.3 Å². The van der Waals surface area contributed by atoms with E-state index in [0.717, 1.165) is 40.7 Å². The number of aromatic nitrogens is 3. The number of amides is 2. The number of hydrogen-bond acceptors (Lipinski definition) is 6. The molecule has 1 aliphatic heterocycles. The minimum Gasteiger partial charge on any atom is -0.446 e. The van der Waals surface area contributed by atoms with Crippen LogP contribution in [-0.4, -0.2) is 50.9 Å². The van der Waals surface area contributed by atoms with Crippen LogP contribution in [0.15, 0.2) is 53.5 Å². The number of anilines is 1. The number of carbonyl (C=O) groups is 2. The molecule has 10 nitrogen and oxygen atoms in total. The second-order valence-corrected chi connectivity index (χ2v) is 10.8. The molecule has 0 spiro atoms. The number of likely N-dealkylation sites (tertiary alicyclic amines) is 1. The van der Waals surface area contributed by atoms with Gasteiger partial charge in [-0.05, 0) is 55.9 Å². The maximum absolute atomic E-state index is 12.9. The molecule has 2 amide bonds. The highest BCUT2D eigenvalue weighted by atomic mass is 16.6. The highest BCUT2D eigenvalue weighted by molar-refractivity contribution is 6.02. The largest absolute Gasteiger partial charge is 0.446 e. The normalized spacial score (nSPS) is 16.9. The summed E-state index contributed by atoms with van der Waals surface area (Å²) in [6.45, 7) is 5.29. The van der Waals surface area contributed by atoms with E-state index in [1.807, 2.05) is 67.1 Å². The number of nitrogen functional groups attached to an aromatic ring is 1. The first-order valence-corrected chi connectivity index (χ1v) is 13.6. The lowest BCUT2D eigenvalue weighted by Crippen LogP contribution is -2.30. The number of rotatable bonds is 6. The molecule has 2 fully saturated rings. The fraction of sp³-hybridized carbons (Fsp3) is 0.333. The lowest BCUT2D eigenvalue weighted by molar-refractivity contribution is 0.0949. The Morgan fingerprint density at radius 2 is 1.90 bits per heavy atom. The van der Waals surface area contributed by atoms with Gasteiger partial charge in [-0.2, -0.15) is 5.10 Å². The Labute approximate surface area is 231 Å². The van der Waals surface area contributed by atoms with E-state index in [9.17, 15) is 14.4 Å². The number of carbonyl (C=O) groups excluding carboxylic acids is 2. The average molecular weight is 541 g/mol. The SMILES string of the molecule is Cc1ccc(C)c(C(=O)NCc2ccc(-c3cn([C@@H]4CCN(C(=O)OC5CC5)C4)c4c(=O)[nH]nc(N)c34)cc2)c1. The fourth-order valence-corrected chi connectivity index (χ4v) is 5.34. The van der Waals surface area contributed by atoms with Crippen molar-refractivity contribution in [1.29, 1.82) is 0 Å². The third-order valence-electron chi connectivity index (χ3n) is 7.74. The summed E-state index contributed by atoms with van der Waals surface area (Å²) >= 11 is 0. The molecule has 2 aliphatic rings. The van der Waals surface area contributed by atoms with E-state index < -0.39 is 0 Å². The number of nitrogens with one attached hydrogen (secondary N) is 2. The van der Waals surface area contributed by atoms with Crippen molar-refractivity contribution in [3.05, 3.63) is 81.3 Å². The Balaban J connectivity index is 1.24. The molecule has 2 aromatic heterocycles. The number of aryl methyl sites for hydroxylation is 2. The zero-order valence-corrected chi connectivity index (χ0v) is 22.6. The first-order valence-electron chi connectivity index (χ1n) is 13.6. The van der Waals surface area contributed by atoms with Crippen LogP contribution in [0, 0.1) is 13.8 Å². The summed E-state index contributed by atoms with van der Waals surface area (Å²) in [5, 5.41) is 10.1. The maximum Gasteiger partial charge on any atom is 0.410 e. The van der Waals surface area contributed by atoms with E-state index in [1.54, 1.807) is 4.90 Å². The summed E-state index contributed by atoms with van der Waals surface area (Å²) < 4.78 is 7.39. The van der Waals surface area contributed by atoms with Crippen molar-refractivity contribution in [2.24, 2.45) is 0 Å². The summed E-state index contributed by atoms with van der Waals surface area (Å²) in [5.41, 5.74) is 11.6. The Morgan fingerprint density at radius 3 is 2.65 bits per heavy atom. The molecule has 0 radical (unpaired) electrons. The first-order chi connectivity index (χ1) is 19.3. The number of aromatic amines is 1. The van der Waals surface area contributed by atoms with Gasteiger partial charge in [-0.3, -0.25) is 9.59 Å². The zero-order chi connectivity index (χ0) is 28.0. The third-order valence-corrected chi connectivity index (χ3v) is 7.74. The molecular weight excluding hydrogens is 508 g/mol. The van der Waals surface area contributed by atoms with Gasteiger partial charge in [-0.25, -0.2) is 9.89 Å². The molecule has 1 atom stereocenters. The van der Waals surface area contributed by atoms with Gasteiger partial charge in [0, 0.05) is 37.0 Å². The predicted octanol–water partition coefficient (Wildman–Crippen LogP) is 4.07. The third kappa shape index (κ3) is 4.92. The highest BCUT2D eigenvalue weighted by Gasteiger charge is 2.34. The summed E-state index contributed by atoms with van der Waals surface area (Å²) in [5.74, 6) is 0.120. The predicted molar refractivity (Wildman–Crippen MR) is 152 cm³/mol. The second-order valence-electron chi connectivity index (χ2n) is 10.8. The van der Waals surface area contributed by atoms with Crippen molar-refractivity contribution in [2.75, 3.05) is 18.8 Å². The van der Waals surface area contributed by atoms with Gasteiger partial charge in [0.2, 0.25) is 0 Å². The molecule has 206 valence electrons. The van der Waals surface area contributed by atoms with Crippen LogP contribution < -0.4 is 16.6 Å². The van der Waals surface area contributed by atoms with Crippen LogP contribution in [0.25, 0.3) is 22.0 Å². The van der Waals surface area contributed by atoms with Crippen LogP contribution in [-0.2, 0) is 11.3 Å².